The van der Waals surface area contributed by atoms with E-state index in [-0.39, 0.29) is 0 Å². The van der Waals surface area contributed by atoms with Gasteiger partial charge in [0.15, 0.2) is 0 Å². The van der Waals surface area contributed by atoms with Gasteiger partial charge in [-0.1, -0.05) is 18.2 Å². The number of methoxy groups -OCH3 is 2. The standard InChI is InChI=1S/C18H21NO2/c1-20-15-7-3-6-14(11-15)18(19)10-4-5-13-8-9-16(21-2)12-17(13)18/h3,6-9,11-12H,4-5,10,19H2,1-2H3. The van der Waals surface area contributed by atoms with Gasteiger partial charge in [-0.05, 0) is 60.2 Å². The maximum absolute atomic E-state index is 6.83. The summed E-state index contributed by atoms with van der Waals surface area (Å²) in [5.41, 5.74) is 9.93. The molecule has 0 saturated carbocycles. The highest BCUT2D eigenvalue weighted by Crippen LogP contribution is 2.40. The second-order valence-electron chi connectivity index (χ2n) is 5.58. The van der Waals surface area contributed by atoms with E-state index in [0.717, 1.165) is 36.3 Å². The first-order valence-corrected chi connectivity index (χ1v) is 7.28. The van der Waals surface area contributed by atoms with E-state index in [1.807, 2.05) is 24.3 Å². The average molecular weight is 283 g/mol. The van der Waals surface area contributed by atoms with E-state index in [0.29, 0.717) is 0 Å². The van der Waals surface area contributed by atoms with Crippen LogP contribution in [0.4, 0.5) is 0 Å². The largest absolute Gasteiger partial charge is 0.497 e. The Morgan fingerprint density at radius 1 is 1.00 bits per heavy atom. The molecule has 0 aromatic heterocycles. The molecule has 1 aliphatic carbocycles. The van der Waals surface area contributed by atoms with Crippen LogP contribution in [0.5, 0.6) is 11.5 Å². The second kappa shape index (κ2) is 5.41. The molecule has 1 aliphatic rings. The molecule has 0 heterocycles. The van der Waals surface area contributed by atoms with Crippen molar-refractivity contribution >= 4 is 0 Å². The van der Waals surface area contributed by atoms with E-state index in [4.69, 9.17) is 15.2 Å². The Kier molecular flexibility index (Phi) is 3.60. The SMILES string of the molecule is COc1cccc(C2(N)CCCc3ccc(OC)cc32)c1. The van der Waals surface area contributed by atoms with E-state index < -0.39 is 5.54 Å². The quantitative estimate of drug-likeness (QED) is 0.940. The van der Waals surface area contributed by atoms with Crippen molar-refractivity contribution in [2.45, 2.75) is 24.8 Å². The first-order valence-electron chi connectivity index (χ1n) is 7.28. The van der Waals surface area contributed by atoms with E-state index in [1.165, 1.54) is 11.1 Å². The van der Waals surface area contributed by atoms with E-state index >= 15 is 0 Å². The summed E-state index contributed by atoms with van der Waals surface area (Å²) in [5.74, 6) is 1.70. The normalized spacial score (nSPS) is 20.7. The summed E-state index contributed by atoms with van der Waals surface area (Å²) >= 11 is 0. The van der Waals surface area contributed by atoms with Crippen molar-refractivity contribution in [1.29, 1.82) is 0 Å². The molecule has 0 bridgehead atoms. The summed E-state index contributed by atoms with van der Waals surface area (Å²) in [6.07, 6.45) is 3.09. The average Bonchev–Trinajstić information content (AvgIpc) is 2.55. The van der Waals surface area contributed by atoms with Crippen molar-refractivity contribution in [2.75, 3.05) is 14.2 Å². The topological polar surface area (TPSA) is 44.5 Å². The smallest absolute Gasteiger partial charge is 0.119 e. The molecule has 0 saturated heterocycles. The fraction of sp³-hybridized carbons (Fsp3) is 0.333. The zero-order chi connectivity index (χ0) is 14.9. The van der Waals surface area contributed by atoms with Crippen LogP contribution in [0.3, 0.4) is 0 Å². The van der Waals surface area contributed by atoms with Crippen LogP contribution in [-0.2, 0) is 12.0 Å². The van der Waals surface area contributed by atoms with Gasteiger partial charge in [0, 0.05) is 0 Å². The maximum atomic E-state index is 6.83. The summed E-state index contributed by atoms with van der Waals surface area (Å²) in [7, 11) is 3.37. The summed E-state index contributed by atoms with van der Waals surface area (Å²) < 4.78 is 10.7. The number of nitrogens with two attached hydrogens (primary N) is 1. The van der Waals surface area contributed by atoms with E-state index in [1.54, 1.807) is 14.2 Å². The molecular formula is C18H21NO2. The zero-order valence-corrected chi connectivity index (χ0v) is 12.6. The highest BCUT2D eigenvalue weighted by Gasteiger charge is 2.35. The molecule has 1 unspecified atom stereocenters. The van der Waals surface area contributed by atoms with Gasteiger partial charge in [-0.3, -0.25) is 0 Å². The number of aryl methyl sites for hydroxylation is 1. The molecule has 1 atom stereocenters. The fourth-order valence-electron chi connectivity index (χ4n) is 3.21. The van der Waals surface area contributed by atoms with Gasteiger partial charge in [0.2, 0.25) is 0 Å². The lowest BCUT2D eigenvalue weighted by molar-refractivity contribution is 0.399. The molecular weight excluding hydrogens is 262 g/mol. The van der Waals surface area contributed by atoms with Crippen LogP contribution in [0.25, 0.3) is 0 Å². The predicted molar refractivity (Wildman–Crippen MR) is 83.9 cm³/mol. The van der Waals surface area contributed by atoms with Crippen LogP contribution >= 0.6 is 0 Å². The highest BCUT2D eigenvalue weighted by molar-refractivity contribution is 5.49. The van der Waals surface area contributed by atoms with Crippen molar-refractivity contribution in [3.8, 4) is 11.5 Å². The molecule has 0 radical (unpaired) electrons. The molecule has 2 aromatic carbocycles. The minimum absolute atomic E-state index is 0.476. The number of ether oxygens (including phenoxy) is 2. The Hall–Kier alpha value is -2.00. The number of benzene rings is 2. The predicted octanol–water partition coefficient (Wildman–Crippen LogP) is 3.24. The minimum atomic E-state index is -0.476. The molecule has 2 N–H and O–H groups in total. The summed E-state index contributed by atoms with van der Waals surface area (Å²) in [5, 5.41) is 0. The molecule has 3 heteroatoms. The molecule has 0 aliphatic heterocycles. The molecule has 110 valence electrons. The van der Waals surface area contributed by atoms with Crippen molar-refractivity contribution < 1.29 is 9.47 Å². The lowest BCUT2D eigenvalue weighted by atomic mass is 9.73. The van der Waals surface area contributed by atoms with E-state index in [2.05, 4.69) is 18.2 Å². The van der Waals surface area contributed by atoms with Crippen LogP contribution < -0.4 is 15.2 Å². The molecule has 21 heavy (non-hydrogen) atoms. The second-order valence-corrected chi connectivity index (χ2v) is 5.58. The van der Waals surface area contributed by atoms with Crippen LogP contribution in [0.15, 0.2) is 42.5 Å². The number of hydrogen-bond acceptors (Lipinski definition) is 3. The van der Waals surface area contributed by atoms with E-state index in [9.17, 15) is 0 Å². The van der Waals surface area contributed by atoms with Crippen LogP contribution in [0.1, 0.15) is 29.5 Å². The van der Waals surface area contributed by atoms with Crippen molar-refractivity contribution in [2.24, 2.45) is 5.73 Å². The fourth-order valence-corrected chi connectivity index (χ4v) is 3.21. The summed E-state index contributed by atoms with van der Waals surface area (Å²) in [6.45, 7) is 0. The van der Waals surface area contributed by atoms with Gasteiger partial charge in [0.25, 0.3) is 0 Å². The molecule has 0 amide bonds. The van der Waals surface area contributed by atoms with Gasteiger partial charge >= 0.3 is 0 Å². The molecule has 2 aromatic rings. The van der Waals surface area contributed by atoms with Crippen LogP contribution in [-0.4, -0.2) is 14.2 Å². The summed E-state index contributed by atoms with van der Waals surface area (Å²) in [4.78, 5) is 0. The monoisotopic (exact) mass is 283 g/mol. The van der Waals surface area contributed by atoms with Crippen molar-refractivity contribution in [3.63, 3.8) is 0 Å². The molecule has 3 nitrogen and oxygen atoms in total. The van der Waals surface area contributed by atoms with Gasteiger partial charge < -0.3 is 15.2 Å². The van der Waals surface area contributed by atoms with Gasteiger partial charge in [-0.25, -0.2) is 0 Å². The molecule has 3 rings (SSSR count). The Labute approximate surface area is 125 Å². The number of fused-ring (bicyclic) bond motifs is 1. The first-order chi connectivity index (χ1) is 10.2. The molecule has 0 fully saturated rings. The van der Waals surface area contributed by atoms with Gasteiger partial charge in [-0.15, -0.1) is 0 Å². The number of rotatable bonds is 3. The lowest BCUT2D eigenvalue weighted by Crippen LogP contribution is -2.41. The highest BCUT2D eigenvalue weighted by atomic mass is 16.5. The van der Waals surface area contributed by atoms with Gasteiger partial charge in [0.1, 0.15) is 11.5 Å². The maximum Gasteiger partial charge on any atom is 0.119 e. The Morgan fingerprint density at radius 2 is 1.76 bits per heavy atom. The Balaban J connectivity index is 2.13. The third kappa shape index (κ3) is 2.38. The first kappa shape index (κ1) is 14.0. The lowest BCUT2D eigenvalue weighted by Gasteiger charge is -2.36. The van der Waals surface area contributed by atoms with Crippen molar-refractivity contribution in [3.05, 3.63) is 59.2 Å². The minimum Gasteiger partial charge on any atom is -0.497 e. The van der Waals surface area contributed by atoms with Gasteiger partial charge in [-0.2, -0.15) is 0 Å². The van der Waals surface area contributed by atoms with Crippen LogP contribution in [0.2, 0.25) is 0 Å². The Bertz CT molecular complexity index is 653. The summed E-state index contributed by atoms with van der Waals surface area (Å²) in [6, 6.07) is 14.3. The van der Waals surface area contributed by atoms with Gasteiger partial charge in [0.05, 0.1) is 19.8 Å². The third-order valence-electron chi connectivity index (χ3n) is 4.40. The Morgan fingerprint density at radius 3 is 2.52 bits per heavy atom. The van der Waals surface area contributed by atoms with Crippen molar-refractivity contribution in [1.82, 2.24) is 0 Å². The van der Waals surface area contributed by atoms with Crippen LogP contribution in [0, 0.1) is 0 Å². The zero-order valence-electron chi connectivity index (χ0n) is 12.6. The third-order valence-corrected chi connectivity index (χ3v) is 4.40. The molecule has 0 spiro atoms. The number of hydrogen-bond donors (Lipinski definition) is 1.